The molecule has 0 spiro atoms. The standard InChI is InChI=1S/C10H9Br2ClO2/c1-2-15-10(14)7-4-8(12)9(13)3-6(7)5-11/h3-4H,2,5H2,1H3. The lowest BCUT2D eigenvalue weighted by atomic mass is 10.1. The van der Waals surface area contributed by atoms with Crippen molar-refractivity contribution >= 4 is 49.4 Å². The molecule has 0 saturated carbocycles. The van der Waals surface area contributed by atoms with Crippen molar-refractivity contribution in [1.82, 2.24) is 0 Å². The van der Waals surface area contributed by atoms with Crippen LogP contribution >= 0.6 is 43.5 Å². The van der Waals surface area contributed by atoms with Crippen molar-refractivity contribution in [1.29, 1.82) is 0 Å². The fraction of sp³-hybridized carbons (Fsp3) is 0.300. The third-order valence-corrected chi connectivity index (χ3v) is 3.59. The van der Waals surface area contributed by atoms with Gasteiger partial charge < -0.3 is 4.74 Å². The second-order valence-corrected chi connectivity index (χ2v) is 4.60. The fourth-order valence-electron chi connectivity index (χ4n) is 1.10. The Bertz CT molecular complexity index is 380. The molecular weight excluding hydrogens is 347 g/mol. The SMILES string of the molecule is CCOC(=O)c1cc(Br)c(Cl)cc1CBr. The highest BCUT2D eigenvalue weighted by Crippen LogP contribution is 2.28. The van der Waals surface area contributed by atoms with E-state index in [4.69, 9.17) is 16.3 Å². The first-order valence-corrected chi connectivity index (χ1v) is 6.60. The highest BCUT2D eigenvalue weighted by Gasteiger charge is 2.14. The van der Waals surface area contributed by atoms with Crippen molar-refractivity contribution in [3.05, 3.63) is 32.8 Å². The van der Waals surface area contributed by atoms with Gasteiger partial charge in [-0.25, -0.2) is 4.79 Å². The average Bonchev–Trinajstić information content (AvgIpc) is 2.21. The minimum Gasteiger partial charge on any atom is -0.462 e. The quantitative estimate of drug-likeness (QED) is 0.600. The Hall–Kier alpha value is -0.0600. The highest BCUT2D eigenvalue weighted by molar-refractivity contribution is 9.10. The van der Waals surface area contributed by atoms with Crippen LogP contribution in [0, 0.1) is 0 Å². The predicted molar refractivity (Wildman–Crippen MR) is 67.7 cm³/mol. The molecule has 0 N–H and O–H groups in total. The summed E-state index contributed by atoms with van der Waals surface area (Å²) in [6, 6.07) is 3.42. The molecule has 1 aromatic carbocycles. The lowest BCUT2D eigenvalue weighted by Gasteiger charge is -2.08. The maximum atomic E-state index is 11.6. The number of benzene rings is 1. The van der Waals surface area contributed by atoms with Crippen molar-refractivity contribution in [2.45, 2.75) is 12.3 Å². The average molecular weight is 356 g/mol. The molecule has 0 aromatic heterocycles. The summed E-state index contributed by atoms with van der Waals surface area (Å²) in [4.78, 5) is 11.6. The zero-order valence-corrected chi connectivity index (χ0v) is 11.9. The summed E-state index contributed by atoms with van der Waals surface area (Å²) in [5.74, 6) is -0.329. The van der Waals surface area contributed by atoms with Crippen molar-refractivity contribution in [3.63, 3.8) is 0 Å². The summed E-state index contributed by atoms with van der Waals surface area (Å²) in [5, 5.41) is 1.14. The maximum absolute atomic E-state index is 11.6. The minimum absolute atomic E-state index is 0.329. The number of halogens is 3. The van der Waals surface area contributed by atoms with Crippen LogP contribution < -0.4 is 0 Å². The molecule has 5 heteroatoms. The number of hydrogen-bond acceptors (Lipinski definition) is 2. The largest absolute Gasteiger partial charge is 0.462 e. The second-order valence-electron chi connectivity index (χ2n) is 2.78. The normalized spacial score (nSPS) is 10.1. The number of alkyl halides is 1. The van der Waals surface area contributed by atoms with Crippen molar-refractivity contribution in [3.8, 4) is 0 Å². The molecule has 0 saturated heterocycles. The van der Waals surface area contributed by atoms with Gasteiger partial charge in [0, 0.05) is 9.80 Å². The molecule has 0 aliphatic heterocycles. The third-order valence-electron chi connectivity index (χ3n) is 1.79. The summed E-state index contributed by atoms with van der Waals surface area (Å²) in [6.07, 6.45) is 0. The maximum Gasteiger partial charge on any atom is 0.338 e. The topological polar surface area (TPSA) is 26.3 Å². The van der Waals surface area contributed by atoms with Gasteiger partial charge in [-0.2, -0.15) is 0 Å². The Labute approximate surface area is 110 Å². The van der Waals surface area contributed by atoms with Gasteiger partial charge in [-0.1, -0.05) is 27.5 Å². The number of carbonyl (C=O) groups is 1. The molecular formula is C10H9Br2ClO2. The van der Waals surface area contributed by atoms with Crippen LogP contribution in [0.2, 0.25) is 5.02 Å². The highest BCUT2D eigenvalue weighted by atomic mass is 79.9. The van der Waals surface area contributed by atoms with Crippen LogP contribution in [-0.2, 0) is 10.1 Å². The van der Waals surface area contributed by atoms with E-state index in [1.54, 1.807) is 19.1 Å². The molecule has 0 aliphatic carbocycles. The van der Waals surface area contributed by atoms with Gasteiger partial charge in [0.15, 0.2) is 0 Å². The monoisotopic (exact) mass is 354 g/mol. The smallest absolute Gasteiger partial charge is 0.338 e. The lowest BCUT2D eigenvalue weighted by Crippen LogP contribution is -2.07. The summed E-state index contributed by atoms with van der Waals surface area (Å²) in [7, 11) is 0. The molecule has 0 fully saturated rings. The first-order chi connectivity index (χ1) is 7.10. The Balaban J connectivity index is 3.15. The number of esters is 1. The molecule has 0 aliphatic rings. The number of carbonyl (C=O) groups excluding carboxylic acids is 1. The van der Waals surface area contributed by atoms with Crippen LogP contribution in [0.3, 0.4) is 0 Å². The van der Waals surface area contributed by atoms with E-state index in [1.165, 1.54) is 0 Å². The molecule has 0 unspecified atom stereocenters. The first kappa shape index (κ1) is 13.0. The Morgan fingerprint density at radius 2 is 2.20 bits per heavy atom. The van der Waals surface area contributed by atoms with Crippen LogP contribution in [0.25, 0.3) is 0 Å². The zero-order chi connectivity index (χ0) is 11.4. The minimum atomic E-state index is -0.329. The van der Waals surface area contributed by atoms with Gasteiger partial charge in [0.25, 0.3) is 0 Å². The third kappa shape index (κ3) is 3.20. The Morgan fingerprint density at radius 1 is 1.53 bits per heavy atom. The van der Waals surface area contributed by atoms with Gasteiger partial charge >= 0.3 is 5.97 Å². The summed E-state index contributed by atoms with van der Waals surface area (Å²) >= 11 is 12.5. The fourth-order valence-corrected chi connectivity index (χ4v) is 2.09. The second kappa shape index (κ2) is 5.87. The van der Waals surface area contributed by atoms with Crippen LogP contribution in [0.15, 0.2) is 16.6 Å². The molecule has 1 aromatic rings. The summed E-state index contributed by atoms with van der Waals surface area (Å²) in [5.41, 5.74) is 1.35. The van der Waals surface area contributed by atoms with E-state index in [0.29, 0.717) is 27.0 Å². The lowest BCUT2D eigenvalue weighted by molar-refractivity contribution is 0.0525. The van der Waals surface area contributed by atoms with Gasteiger partial charge in [-0.15, -0.1) is 0 Å². The van der Waals surface area contributed by atoms with Gasteiger partial charge in [0.05, 0.1) is 17.2 Å². The van der Waals surface area contributed by atoms with Crippen LogP contribution in [0.1, 0.15) is 22.8 Å². The van der Waals surface area contributed by atoms with Crippen molar-refractivity contribution in [2.75, 3.05) is 6.61 Å². The van der Waals surface area contributed by atoms with Gasteiger partial charge in [-0.05, 0) is 40.5 Å². The van der Waals surface area contributed by atoms with Gasteiger partial charge in [0.1, 0.15) is 0 Å². The molecule has 82 valence electrons. The number of ether oxygens (including phenoxy) is 1. The van der Waals surface area contributed by atoms with Crippen molar-refractivity contribution in [2.24, 2.45) is 0 Å². The van der Waals surface area contributed by atoms with Crippen LogP contribution in [0.4, 0.5) is 0 Å². The summed E-state index contributed by atoms with van der Waals surface area (Å²) in [6.45, 7) is 2.14. The molecule has 0 amide bonds. The molecule has 2 nitrogen and oxygen atoms in total. The van der Waals surface area contributed by atoms with E-state index in [0.717, 1.165) is 5.56 Å². The molecule has 15 heavy (non-hydrogen) atoms. The van der Waals surface area contributed by atoms with E-state index in [-0.39, 0.29) is 5.97 Å². The molecule has 0 atom stereocenters. The van der Waals surface area contributed by atoms with E-state index in [2.05, 4.69) is 31.9 Å². The number of hydrogen-bond donors (Lipinski definition) is 0. The Morgan fingerprint density at radius 3 is 2.73 bits per heavy atom. The molecule has 0 radical (unpaired) electrons. The first-order valence-electron chi connectivity index (χ1n) is 4.31. The van der Waals surface area contributed by atoms with E-state index < -0.39 is 0 Å². The molecule has 1 rings (SSSR count). The molecule has 0 heterocycles. The van der Waals surface area contributed by atoms with Gasteiger partial charge in [0.2, 0.25) is 0 Å². The zero-order valence-electron chi connectivity index (χ0n) is 8.02. The van der Waals surface area contributed by atoms with Gasteiger partial charge in [-0.3, -0.25) is 0 Å². The predicted octanol–water partition coefficient (Wildman–Crippen LogP) is 4.17. The van der Waals surface area contributed by atoms with Crippen LogP contribution in [-0.4, -0.2) is 12.6 Å². The Kier molecular flexibility index (Phi) is 5.09. The van der Waals surface area contributed by atoms with E-state index in [9.17, 15) is 4.79 Å². The summed E-state index contributed by atoms with van der Waals surface area (Å²) < 4.78 is 5.63. The number of rotatable bonds is 3. The van der Waals surface area contributed by atoms with E-state index in [1.807, 2.05) is 0 Å². The van der Waals surface area contributed by atoms with Crippen LogP contribution in [0.5, 0.6) is 0 Å². The van der Waals surface area contributed by atoms with E-state index >= 15 is 0 Å². The van der Waals surface area contributed by atoms with Crippen molar-refractivity contribution < 1.29 is 9.53 Å². The molecule has 0 bridgehead atoms.